The number of benzene rings is 1. The molecule has 0 amide bonds. The molecule has 0 radical (unpaired) electrons. The van der Waals surface area contributed by atoms with E-state index in [4.69, 9.17) is 0 Å². The van der Waals surface area contributed by atoms with Gasteiger partial charge in [-0.1, -0.05) is 43.0 Å². The van der Waals surface area contributed by atoms with Crippen molar-refractivity contribution in [3.05, 3.63) is 65.3 Å². The fraction of sp³-hybridized carbons (Fsp3) is 0.200. The maximum absolute atomic E-state index is 10.3. The summed E-state index contributed by atoms with van der Waals surface area (Å²) in [5, 5.41) is 10.3. The molecule has 82 valence electrons. The van der Waals surface area contributed by atoms with Gasteiger partial charge >= 0.3 is 0 Å². The lowest BCUT2D eigenvalue weighted by atomic mass is 10.00. The lowest BCUT2D eigenvalue weighted by Gasteiger charge is -2.10. The smallest absolute Gasteiger partial charge is 0.105 e. The Morgan fingerprint density at radius 1 is 1.38 bits per heavy atom. The predicted octanol–water partition coefficient (Wildman–Crippen LogP) is 3.64. The molecule has 0 saturated heterocycles. The van der Waals surface area contributed by atoms with E-state index in [0.29, 0.717) is 0 Å². The van der Waals surface area contributed by atoms with E-state index < -0.39 is 6.10 Å². The zero-order chi connectivity index (χ0) is 11.7. The Morgan fingerprint density at radius 2 is 2.06 bits per heavy atom. The molecular formula is C15H16O. The van der Waals surface area contributed by atoms with Gasteiger partial charge < -0.3 is 5.11 Å². The third kappa shape index (κ3) is 1.44. The molecule has 1 aliphatic rings. The van der Waals surface area contributed by atoms with Gasteiger partial charge in [0, 0.05) is 0 Å². The van der Waals surface area contributed by atoms with Gasteiger partial charge in [0.2, 0.25) is 0 Å². The molecule has 1 atom stereocenters. The van der Waals surface area contributed by atoms with Crippen LogP contribution in [0.5, 0.6) is 0 Å². The van der Waals surface area contributed by atoms with Crippen molar-refractivity contribution < 1.29 is 5.11 Å². The molecule has 1 heteroatoms. The van der Waals surface area contributed by atoms with Gasteiger partial charge in [-0.3, -0.25) is 0 Å². The van der Waals surface area contributed by atoms with Crippen LogP contribution in [-0.2, 0) is 0 Å². The minimum Gasteiger partial charge on any atom is -0.384 e. The van der Waals surface area contributed by atoms with Crippen molar-refractivity contribution in [2.45, 2.75) is 20.0 Å². The Kier molecular flexibility index (Phi) is 2.80. The lowest BCUT2D eigenvalue weighted by molar-refractivity contribution is 0.222. The summed E-state index contributed by atoms with van der Waals surface area (Å²) in [6.45, 7) is 7.85. The fourth-order valence-corrected chi connectivity index (χ4v) is 2.23. The van der Waals surface area contributed by atoms with E-state index in [1.54, 1.807) is 0 Å². The van der Waals surface area contributed by atoms with Crippen LogP contribution < -0.4 is 0 Å². The largest absolute Gasteiger partial charge is 0.384 e. The average Bonchev–Trinajstić information content (AvgIpc) is 2.62. The highest BCUT2D eigenvalue weighted by Gasteiger charge is 2.28. The summed E-state index contributed by atoms with van der Waals surface area (Å²) < 4.78 is 0. The number of rotatable bonds is 2. The molecule has 0 aromatic heterocycles. The van der Waals surface area contributed by atoms with Crippen LogP contribution in [0.1, 0.15) is 31.1 Å². The third-order valence-electron chi connectivity index (χ3n) is 3.17. The van der Waals surface area contributed by atoms with Gasteiger partial charge in [0.25, 0.3) is 0 Å². The normalized spacial score (nSPS) is 19.9. The van der Waals surface area contributed by atoms with E-state index >= 15 is 0 Å². The Hall–Kier alpha value is -1.60. The molecule has 0 aliphatic heterocycles. The molecule has 0 spiro atoms. The first-order valence-electron chi connectivity index (χ1n) is 5.48. The van der Waals surface area contributed by atoms with E-state index in [9.17, 15) is 5.11 Å². The predicted molar refractivity (Wildman–Crippen MR) is 67.9 cm³/mol. The summed E-state index contributed by atoms with van der Waals surface area (Å²) >= 11 is 0. The van der Waals surface area contributed by atoms with Crippen LogP contribution in [0.4, 0.5) is 0 Å². The summed E-state index contributed by atoms with van der Waals surface area (Å²) in [6.07, 6.45) is 3.34. The maximum Gasteiger partial charge on any atom is 0.105 e. The highest BCUT2D eigenvalue weighted by Crippen LogP contribution is 2.43. The van der Waals surface area contributed by atoms with Gasteiger partial charge in [-0.2, -0.15) is 0 Å². The van der Waals surface area contributed by atoms with Gasteiger partial charge in [0.15, 0.2) is 0 Å². The van der Waals surface area contributed by atoms with Gasteiger partial charge in [-0.05, 0) is 41.7 Å². The number of fused-ring (bicyclic) bond motifs is 1. The second-order valence-electron chi connectivity index (χ2n) is 3.99. The van der Waals surface area contributed by atoms with Gasteiger partial charge in [-0.15, -0.1) is 0 Å². The molecule has 0 heterocycles. The molecule has 2 rings (SSSR count). The van der Waals surface area contributed by atoms with E-state index in [2.05, 4.69) is 6.58 Å². The van der Waals surface area contributed by atoms with Crippen LogP contribution in [0.2, 0.25) is 0 Å². The van der Waals surface area contributed by atoms with E-state index in [-0.39, 0.29) is 0 Å². The molecule has 0 saturated carbocycles. The van der Waals surface area contributed by atoms with E-state index in [1.807, 2.05) is 50.3 Å². The maximum atomic E-state index is 10.3. The van der Waals surface area contributed by atoms with Crippen molar-refractivity contribution in [2.75, 3.05) is 0 Å². The molecule has 1 nitrogen and oxygen atoms in total. The molecule has 1 aromatic carbocycles. The number of aliphatic hydroxyl groups excluding tert-OH is 1. The number of aliphatic hydroxyl groups is 1. The number of hydrogen-bond acceptors (Lipinski definition) is 1. The summed E-state index contributed by atoms with van der Waals surface area (Å²) in [7, 11) is 0. The quantitative estimate of drug-likeness (QED) is 0.793. The molecule has 1 aromatic rings. The second kappa shape index (κ2) is 4.11. The highest BCUT2D eigenvalue weighted by atomic mass is 16.3. The zero-order valence-corrected chi connectivity index (χ0v) is 9.70. The highest BCUT2D eigenvalue weighted by molar-refractivity contribution is 5.86. The minimum absolute atomic E-state index is 0.514. The van der Waals surface area contributed by atoms with Crippen molar-refractivity contribution in [1.82, 2.24) is 0 Å². The van der Waals surface area contributed by atoms with Crippen LogP contribution in [0, 0.1) is 0 Å². The van der Waals surface area contributed by atoms with Crippen LogP contribution in [0.3, 0.4) is 0 Å². The van der Waals surface area contributed by atoms with Gasteiger partial charge in [-0.25, -0.2) is 0 Å². The molecule has 0 bridgehead atoms. The Morgan fingerprint density at radius 3 is 2.69 bits per heavy atom. The zero-order valence-electron chi connectivity index (χ0n) is 9.70. The van der Waals surface area contributed by atoms with Crippen molar-refractivity contribution in [2.24, 2.45) is 0 Å². The molecule has 1 aliphatic carbocycles. The van der Waals surface area contributed by atoms with Crippen molar-refractivity contribution >= 4 is 5.57 Å². The second-order valence-corrected chi connectivity index (χ2v) is 3.99. The summed E-state index contributed by atoms with van der Waals surface area (Å²) in [6, 6.07) is 7.95. The van der Waals surface area contributed by atoms with Gasteiger partial charge in [0.1, 0.15) is 6.10 Å². The lowest BCUT2D eigenvalue weighted by Crippen LogP contribution is -1.98. The van der Waals surface area contributed by atoms with Crippen LogP contribution in [-0.4, -0.2) is 5.11 Å². The number of allylic oxidation sites excluding steroid dienone is 3. The van der Waals surface area contributed by atoms with E-state index in [1.165, 1.54) is 0 Å². The first kappa shape index (κ1) is 10.9. The van der Waals surface area contributed by atoms with Crippen molar-refractivity contribution in [3.8, 4) is 0 Å². The first-order chi connectivity index (χ1) is 7.70. The summed E-state index contributed by atoms with van der Waals surface area (Å²) in [5.74, 6) is 0. The SMILES string of the molecule is C=CC1=C(/C(C)=C\C)C(O)c2ccccc21. The molecule has 1 unspecified atom stereocenters. The Balaban J connectivity index is 2.67. The minimum atomic E-state index is -0.514. The van der Waals surface area contributed by atoms with Crippen molar-refractivity contribution in [1.29, 1.82) is 0 Å². The topological polar surface area (TPSA) is 20.2 Å². The van der Waals surface area contributed by atoms with E-state index in [0.717, 1.165) is 27.8 Å². The number of hydrogen-bond donors (Lipinski definition) is 1. The first-order valence-corrected chi connectivity index (χ1v) is 5.48. The summed E-state index contributed by atoms with van der Waals surface area (Å²) in [4.78, 5) is 0. The van der Waals surface area contributed by atoms with Gasteiger partial charge in [0.05, 0.1) is 0 Å². The van der Waals surface area contributed by atoms with Crippen LogP contribution in [0.25, 0.3) is 5.57 Å². The average molecular weight is 212 g/mol. The van der Waals surface area contributed by atoms with Crippen LogP contribution in [0.15, 0.2) is 54.1 Å². The standard InChI is InChI=1S/C15H16O/c1-4-10(3)14-11(5-2)12-8-6-7-9-13(12)15(14)16/h4-9,15-16H,2H2,1,3H3/b10-4-. The Labute approximate surface area is 96.4 Å². The fourth-order valence-electron chi connectivity index (χ4n) is 2.23. The van der Waals surface area contributed by atoms with Crippen molar-refractivity contribution in [3.63, 3.8) is 0 Å². The monoisotopic (exact) mass is 212 g/mol. The molecule has 0 fully saturated rings. The molecular weight excluding hydrogens is 196 g/mol. The summed E-state index contributed by atoms with van der Waals surface area (Å²) in [5.41, 5.74) is 5.23. The third-order valence-corrected chi connectivity index (χ3v) is 3.17. The molecule has 16 heavy (non-hydrogen) atoms. The molecule has 1 N–H and O–H groups in total. The van der Waals surface area contributed by atoms with Crippen LogP contribution >= 0.6 is 0 Å². The Bertz CT molecular complexity index is 492.